The van der Waals surface area contributed by atoms with Crippen LogP contribution in [0.15, 0.2) is 42.5 Å². The number of ether oxygens (including phenoxy) is 2. The van der Waals surface area contributed by atoms with E-state index in [4.69, 9.17) is 9.47 Å². The number of sulfonamides is 1. The van der Waals surface area contributed by atoms with E-state index in [0.717, 1.165) is 18.4 Å². The van der Waals surface area contributed by atoms with Crippen LogP contribution < -0.4 is 14.8 Å². The van der Waals surface area contributed by atoms with E-state index in [1.807, 2.05) is 19.1 Å². The second-order valence-electron chi connectivity index (χ2n) is 7.37. The lowest BCUT2D eigenvalue weighted by molar-refractivity contribution is 0.0940. The highest BCUT2D eigenvalue weighted by atomic mass is 32.2. The quantitative estimate of drug-likeness (QED) is 0.693. The number of carbonyl (C=O) groups is 1. The molecule has 1 aliphatic heterocycles. The molecule has 1 heterocycles. The monoisotopic (exact) mass is 432 g/mol. The van der Waals surface area contributed by atoms with E-state index in [0.29, 0.717) is 35.7 Å². The summed E-state index contributed by atoms with van der Waals surface area (Å²) >= 11 is 0. The van der Waals surface area contributed by atoms with E-state index in [1.54, 1.807) is 48.9 Å². The molecule has 1 atom stereocenters. The lowest BCUT2D eigenvalue weighted by Gasteiger charge is -2.17. The first kappa shape index (κ1) is 22.1. The van der Waals surface area contributed by atoms with Crippen LogP contribution in [0, 0.1) is 0 Å². The van der Waals surface area contributed by atoms with E-state index in [9.17, 15) is 13.2 Å². The molecule has 8 heteroatoms. The third-order valence-corrected chi connectivity index (χ3v) is 7.13. The molecule has 30 heavy (non-hydrogen) atoms. The molecule has 0 saturated carbocycles. The van der Waals surface area contributed by atoms with Crippen LogP contribution in [-0.4, -0.2) is 45.9 Å². The van der Waals surface area contributed by atoms with Crippen LogP contribution in [0.1, 0.15) is 47.3 Å². The van der Waals surface area contributed by atoms with Crippen LogP contribution in [0.5, 0.6) is 11.5 Å². The van der Waals surface area contributed by atoms with E-state index >= 15 is 0 Å². The minimum absolute atomic E-state index is 0.0447. The molecule has 3 rings (SSSR count). The summed E-state index contributed by atoms with van der Waals surface area (Å²) in [4.78, 5) is 12.6. The molecule has 7 nitrogen and oxygen atoms in total. The summed E-state index contributed by atoms with van der Waals surface area (Å²) in [6, 6.07) is 12.0. The van der Waals surface area contributed by atoms with Gasteiger partial charge in [0.25, 0.3) is 5.91 Å². The highest BCUT2D eigenvalue weighted by molar-refractivity contribution is 7.88. The van der Waals surface area contributed by atoms with E-state index in [2.05, 4.69) is 5.32 Å². The van der Waals surface area contributed by atoms with Crippen LogP contribution in [-0.2, 0) is 15.8 Å². The van der Waals surface area contributed by atoms with Gasteiger partial charge in [0, 0.05) is 18.7 Å². The Morgan fingerprint density at radius 3 is 2.27 bits per heavy atom. The molecule has 0 aliphatic carbocycles. The maximum atomic E-state index is 12.6. The molecule has 1 aliphatic rings. The van der Waals surface area contributed by atoms with Crippen molar-refractivity contribution >= 4 is 15.9 Å². The predicted molar refractivity (Wildman–Crippen MR) is 115 cm³/mol. The van der Waals surface area contributed by atoms with Gasteiger partial charge in [-0.05, 0) is 55.2 Å². The molecule has 2 aromatic rings. The van der Waals surface area contributed by atoms with Gasteiger partial charge >= 0.3 is 0 Å². The van der Waals surface area contributed by atoms with E-state index < -0.39 is 10.0 Å². The van der Waals surface area contributed by atoms with Crippen molar-refractivity contribution in [2.24, 2.45) is 0 Å². The second-order valence-corrected chi connectivity index (χ2v) is 9.34. The van der Waals surface area contributed by atoms with Gasteiger partial charge in [0.1, 0.15) is 0 Å². The zero-order valence-corrected chi connectivity index (χ0v) is 18.4. The number of methoxy groups -OCH3 is 2. The molecule has 0 radical (unpaired) electrons. The van der Waals surface area contributed by atoms with Gasteiger partial charge in [-0.1, -0.05) is 18.2 Å². The average Bonchev–Trinajstić information content (AvgIpc) is 3.29. The van der Waals surface area contributed by atoms with Crippen molar-refractivity contribution in [2.45, 2.75) is 31.6 Å². The van der Waals surface area contributed by atoms with Crippen LogP contribution in [0.2, 0.25) is 0 Å². The highest BCUT2D eigenvalue weighted by Crippen LogP contribution is 2.30. The predicted octanol–water partition coefficient (Wildman–Crippen LogP) is 3.12. The lowest BCUT2D eigenvalue weighted by Crippen LogP contribution is -2.29. The standard InChI is InChI=1S/C22H28N2O5S/c1-16(19-10-11-20(28-2)21(14-19)29-3)23-22(25)18-8-6-17(7-9-18)15-30(26,27)24-12-4-5-13-24/h6-11,14,16H,4-5,12-13,15H2,1-3H3,(H,23,25). The Kier molecular flexibility index (Phi) is 6.99. The van der Waals surface area contributed by atoms with Crippen molar-refractivity contribution in [2.75, 3.05) is 27.3 Å². The topological polar surface area (TPSA) is 84.9 Å². The van der Waals surface area contributed by atoms with Crippen LogP contribution in [0.4, 0.5) is 0 Å². The molecule has 1 unspecified atom stereocenters. The third kappa shape index (κ3) is 5.12. The minimum atomic E-state index is -3.30. The largest absolute Gasteiger partial charge is 0.493 e. The van der Waals surface area contributed by atoms with Gasteiger partial charge in [-0.25, -0.2) is 12.7 Å². The zero-order valence-electron chi connectivity index (χ0n) is 17.6. The molecule has 2 aromatic carbocycles. The number of benzene rings is 2. The molecule has 1 fully saturated rings. The van der Waals surface area contributed by atoms with Crippen molar-refractivity contribution in [3.8, 4) is 11.5 Å². The molecule has 1 amide bonds. The summed E-state index contributed by atoms with van der Waals surface area (Å²) in [6.07, 6.45) is 1.83. The molecule has 1 N–H and O–H groups in total. The number of carbonyl (C=O) groups excluding carboxylic acids is 1. The number of hydrogen-bond acceptors (Lipinski definition) is 5. The van der Waals surface area contributed by atoms with Gasteiger partial charge in [-0.15, -0.1) is 0 Å². The van der Waals surface area contributed by atoms with Crippen LogP contribution in [0.25, 0.3) is 0 Å². The Balaban J connectivity index is 1.64. The van der Waals surface area contributed by atoms with Crippen LogP contribution >= 0.6 is 0 Å². The smallest absolute Gasteiger partial charge is 0.251 e. The summed E-state index contributed by atoms with van der Waals surface area (Å²) in [5.74, 6) is 0.946. The van der Waals surface area contributed by atoms with Gasteiger partial charge in [-0.2, -0.15) is 0 Å². The molecule has 0 bridgehead atoms. The van der Waals surface area contributed by atoms with E-state index in [-0.39, 0.29) is 17.7 Å². The fourth-order valence-electron chi connectivity index (χ4n) is 3.51. The number of amides is 1. The molecule has 1 saturated heterocycles. The highest BCUT2D eigenvalue weighted by Gasteiger charge is 2.25. The third-order valence-electron chi connectivity index (χ3n) is 5.28. The average molecular weight is 433 g/mol. The summed E-state index contributed by atoms with van der Waals surface area (Å²) in [5, 5.41) is 2.95. The molecular formula is C22H28N2O5S. The Morgan fingerprint density at radius 2 is 1.67 bits per heavy atom. The summed E-state index contributed by atoms with van der Waals surface area (Å²) in [5.41, 5.74) is 2.03. The van der Waals surface area contributed by atoms with Gasteiger partial charge < -0.3 is 14.8 Å². The Morgan fingerprint density at radius 1 is 1.03 bits per heavy atom. The summed E-state index contributed by atoms with van der Waals surface area (Å²) in [6.45, 7) is 3.07. The number of nitrogens with one attached hydrogen (secondary N) is 1. The second kappa shape index (κ2) is 9.49. The lowest BCUT2D eigenvalue weighted by atomic mass is 10.1. The minimum Gasteiger partial charge on any atom is -0.493 e. The number of hydrogen-bond donors (Lipinski definition) is 1. The number of rotatable bonds is 8. The summed E-state index contributed by atoms with van der Waals surface area (Å²) < 4.78 is 37.0. The van der Waals surface area contributed by atoms with Crippen molar-refractivity contribution in [3.05, 3.63) is 59.2 Å². The van der Waals surface area contributed by atoms with Gasteiger partial charge in [0.05, 0.1) is 26.0 Å². The van der Waals surface area contributed by atoms with E-state index in [1.165, 1.54) is 0 Å². The Labute approximate surface area is 178 Å². The van der Waals surface area contributed by atoms with Gasteiger partial charge in [0.15, 0.2) is 11.5 Å². The molecular weight excluding hydrogens is 404 g/mol. The molecule has 162 valence electrons. The first-order chi connectivity index (χ1) is 14.3. The normalized spacial score (nSPS) is 15.6. The number of nitrogens with zero attached hydrogens (tertiary/aromatic N) is 1. The van der Waals surface area contributed by atoms with Crippen molar-refractivity contribution in [3.63, 3.8) is 0 Å². The molecule has 0 aromatic heterocycles. The zero-order chi connectivity index (χ0) is 21.7. The first-order valence-corrected chi connectivity index (χ1v) is 11.5. The van der Waals surface area contributed by atoms with Gasteiger partial charge in [-0.3, -0.25) is 4.79 Å². The maximum absolute atomic E-state index is 12.6. The maximum Gasteiger partial charge on any atom is 0.251 e. The van der Waals surface area contributed by atoms with Crippen molar-refractivity contribution in [1.29, 1.82) is 0 Å². The fraction of sp³-hybridized carbons (Fsp3) is 0.409. The van der Waals surface area contributed by atoms with Crippen LogP contribution in [0.3, 0.4) is 0 Å². The summed E-state index contributed by atoms with van der Waals surface area (Å²) in [7, 11) is -0.165. The van der Waals surface area contributed by atoms with Gasteiger partial charge in [0.2, 0.25) is 10.0 Å². The first-order valence-electron chi connectivity index (χ1n) is 9.93. The van der Waals surface area contributed by atoms with Crippen molar-refractivity contribution < 1.29 is 22.7 Å². The Bertz CT molecular complexity index is 983. The SMILES string of the molecule is COc1ccc(C(C)NC(=O)c2ccc(CS(=O)(=O)N3CCCC3)cc2)cc1OC. The fourth-order valence-corrected chi connectivity index (χ4v) is 5.12. The Hall–Kier alpha value is -2.58. The van der Waals surface area contributed by atoms with Crippen molar-refractivity contribution in [1.82, 2.24) is 9.62 Å². The molecule has 0 spiro atoms.